The second-order valence-corrected chi connectivity index (χ2v) is 4.43. The Kier molecular flexibility index (Phi) is 3.01. The Hall–Kier alpha value is -1.46. The van der Waals surface area contributed by atoms with Crippen molar-refractivity contribution in [2.75, 3.05) is 19.8 Å². The summed E-state index contributed by atoms with van der Waals surface area (Å²) in [6.45, 7) is 4.99. The number of aromatic nitrogens is 2. The molecule has 0 radical (unpaired) electrons. The van der Waals surface area contributed by atoms with E-state index in [0.717, 1.165) is 36.6 Å². The molecule has 0 spiro atoms. The van der Waals surface area contributed by atoms with Gasteiger partial charge in [0.1, 0.15) is 11.6 Å². The molecule has 1 saturated heterocycles. The minimum Gasteiger partial charge on any atom is -0.378 e. The predicted molar refractivity (Wildman–Crippen MR) is 66.9 cm³/mol. The molecule has 4 nitrogen and oxygen atoms in total. The van der Waals surface area contributed by atoms with Gasteiger partial charge >= 0.3 is 0 Å². The highest BCUT2D eigenvalue weighted by Crippen LogP contribution is 2.23. The van der Waals surface area contributed by atoms with Crippen LogP contribution in [0.25, 0.3) is 11.0 Å². The minimum absolute atomic E-state index is 0.0918. The summed E-state index contributed by atoms with van der Waals surface area (Å²) in [4.78, 5) is 4.60. The van der Waals surface area contributed by atoms with Gasteiger partial charge in [0.05, 0.1) is 30.3 Å². The Morgan fingerprint density at radius 3 is 3.17 bits per heavy atom. The van der Waals surface area contributed by atoms with Crippen molar-refractivity contribution in [1.29, 1.82) is 0 Å². The van der Waals surface area contributed by atoms with Crippen molar-refractivity contribution in [3.63, 3.8) is 0 Å². The van der Waals surface area contributed by atoms with Crippen molar-refractivity contribution in [2.24, 2.45) is 0 Å². The van der Waals surface area contributed by atoms with Crippen LogP contribution in [-0.2, 0) is 11.3 Å². The summed E-state index contributed by atoms with van der Waals surface area (Å²) in [5.74, 6) is 0.703. The van der Waals surface area contributed by atoms with E-state index in [0.29, 0.717) is 6.61 Å². The summed E-state index contributed by atoms with van der Waals surface area (Å²) in [6.07, 6.45) is 0. The van der Waals surface area contributed by atoms with Crippen molar-refractivity contribution in [1.82, 2.24) is 14.9 Å². The predicted octanol–water partition coefficient (Wildman–Crippen LogP) is 1.86. The first-order valence-corrected chi connectivity index (χ1v) is 6.26. The molecule has 1 N–H and O–H groups in total. The molecule has 1 aromatic heterocycles. The first-order chi connectivity index (χ1) is 8.79. The molecule has 0 saturated carbocycles. The normalized spacial score (nSPS) is 20.4. The van der Waals surface area contributed by atoms with E-state index in [1.807, 2.05) is 11.5 Å². The van der Waals surface area contributed by atoms with E-state index in [1.165, 1.54) is 6.07 Å². The fourth-order valence-electron chi connectivity index (χ4n) is 2.44. The topological polar surface area (TPSA) is 39.1 Å². The number of benzene rings is 1. The molecule has 5 heteroatoms. The molecule has 1 aliphatic heterocycles. The fraction of sp³-hybridized carbons (Fsp3) is 0.462. The third kappa shape index (κ3) is 1.89. The Morgan fingerprint density at radius 1 is 1.56 bits per heavy atom. The molecule has 1 aromatic carbocycles. The van der Waals surface area contributed by atoms with Gasteiger partial charge in [0.25, 0.3) is 0 Å². The van der Waals surface area contributed by atoms with Crippen LogP contribution in [0.15, 0.2) is 18.2 Å². The summed E-state index contributed by atoms with van der Waals surface area (Å²) in [5, 5.41) is 3.38. The quantitative estimate of drug-likeness (QED) is 0.883. The van der Waals surface area contributed by atoms with Crippen LogP contribution >= 0.6 is 0 Å². The molecule has 2 aromatic rings. The van der Waals surface area contributed by atoms with Crippen molar-refractivity contribution >= 4 is 11.0 Å². The summed E-state index contributed by atoms with van der Waals surface area (Å²) >= 11 is 0. The number of morpholine rings is 1. The van der Waals surface area contributed by atoms with E-state index >= 15 is 0 Å². The number of halogens is 1. The van der Waals surface area contributed by atoms with E-state index in [9.17, 15) is 4.39 Å². The van der Waals surface area contributed by atoms with Crippen molar-refractivity contribution in [3.05, 3.63) is 29.8 Å². The number of ether oxygens (including phenoxy) is 1. The standard InChI is InChI=1S/C13H16FN3O/c1-2-17-12-7-9(14)3-4-10(12)16-13(17)11-8-18-6-5-15-11/h3-4,7,11,15H,2,5-6,8H2,1H3. The van der Waals surface area contributed by atoms with E-state index in [1.54, 1.807) is 12.1 Å². The van der Waals surface area contributed by atoms with E-state index < -0.39 is 0 Å². The lowest BCUT2D eigenvalue weighted by Crippen LogP contribution is -2.36. The molecule has 1 aliphatic rings. The zero-order valence-electron chi connectivity index (χ0n) is 10.3. The molecule has 2 heterocycles. The number of fused-ring (bicyclic) bond motifs is 1. The second kappa shape index (κ2) is 4.66. The zero-order chi connectivity index (χ0) is 12.5. The smallest absolute Gasteiger partial charge is 0.129 e. The summed E-state index contributed by atoms with van der Waals surface area (Å²) in [7, 11) is 0. The average Bonchev–Trinajstić information content (AvgIpc) is 2.77. The molecular formula is C13H16FN3O. The maximum Gasteiger partial charge on any atom is 0.129 e. The summed E-state index contributed by atoms with van der Waals surface area (Å²) < 4.78 is 20.8. The van der Waals surface area contributed by atoms with Crippen molar-refractivity contribution < 1.29 is 9.13 Å². The lowest BCUT2D eigenvalue weighted by atomic mass is 10.2. The Labute approximate surface area is 105 Å². The van der Waals surface area contributed by atoms with E-state index in [2.05, 4.69) is 10.3 Å². The van der Waals surface area contributed by atoms with Crippen molar-refractivity contribution in [2.45, 2.75) is 19.5 Å². The summed E-state index contributed by atoms with van der Waals surface area (Å²) in [6, 6.07) is 4.81. The molecular weight excluding hydrogens is 233 g/mol. The molecule has 3 rings (SSSR count). The monoisotopic (exact) mass is 249 g/mol. The number of hydrogen-bond acceptors (Lipinski definition) is 3. The van der Waals surface area contributed by atoms with Gasteiger partial charge in [0.2, 0.25) is 0 Å². The number of hydrogen-bond donors (Lipinski definition) is 1. The SMILES string of the molecule is CCn1c(C2COCCN2)nc2ccc(F)cc21. The molecule has 1 fully saturated rings. The molecule has 0 bridgehead atoms. The number of aryl methyl sites for hydroxylation is 1. The van der Waals surface area contributed by atoms with E-state index in [-0.39, 0.29) is 11.9 Å². The molecule has 1 atom stereocenters. The maximum atomic E-state index is 13.3. The highest BCUT2D eigenvalue weighted by molar-refractivity contribution is 5.76. The van der Waals surface area contributed by atoms with Gasteiger partial charge in [-0.15, -0.1) is 0 Å². The first kappa shape index (κ1) is 11.6. The largest absolute Gasteiger partial charge is 0.378 e. The molecule has 0 aliphatic carbocycles. The summed E-state index contributed by atoms with van der Waals surface area (Å²) in [5.41, 5.74) is 1.68. The van der Waals surface area contributed by atoms with Crippen molar-refractivity contribution in [3.8, 4) is 0 Å². The third-order valence-electron chi connectivity index (χ3n) is 3.29. The van der Waals surface area contributed by atoms with Gasteiger partial charge in [-0.3, -0.25) is 0 Å². The Morgan fingerprint density at radius 2 is 2.44 bits per heavy atom. The zero-order valence-corrected chi connectivity index (χ0v) is 10.3. The maximum absolute atomic E-state index is 13.3. The highest BCUT2D eigenvalue weighted by Gasteiger charge is 2.22. The third-order valence-corrected chi connectivity index (χ3v) is 3.29. The Bertz CT molecular complexity index is 561. The highest BCUT2D eigenvalue weighted by atomic mass is 19.1. The lowest BCUT2D eigenvalue weighted by molar-refractivity contribution is 0.0733. The molecule has 0 amide bonds. The molecule has 96 valence electrons. The van der Waals surface area contributed by atoms with Crippen LogP contribution in [0.5, 0.6) is 0 Å². The van der Waals surface area contributed by atoms with Gasteiger partial charge in [0.15, 0.2) is 0 Å². The number of rotatable bonds is 2. The van der Waals surface area contributed by atoms with Crippen LogP contribution in [0.2, 0.25) is 0 Å². The van der Waals surface area contributed by atoms with Gasteiger partial charge in [-0.1, -0.05) is 0 Å². The first-order valence-electron chi connectivity index (χ1n) is 6.26. The van der Waals surface area contributed by atoms with Gasteiger partial charge in [-0.25, -0.2) is 9.37 Å². The number of imidazole rings is 1. The Balaban J connectivity index is 2.10. The molecule has 1 unspecified atom stereocenters. The van der Waals surface area contributed by atoms with Gasteiger partial charge < -0.3 is 14.6 Å². The molecule has 18 heavy (non-hydrogen) atoms. The van der Waals surface area contributed by atoms with Crippen LogP contribution in [-0.4, -0.2) is 29.3 Å². The minimum atomic E-state index is -0.225. The van der Waals surface area contributed by atoms with Crippen LogP contribution in [0.4, 0.5) is 4.39 Å². The average molecular weight is 249 g/mol. The van der Waals surface area contributed by atoms with Crippen LogP contribution < -0.4 is 5.32 Å². The van der Waals surface area contributed by atoms with Gasteiger partial charge in [-0.2, -0.15) is 0 Å². The second-order valence-electron chi connectivity index (χ2n) is 4.43. The van der Waals surface area contributed by atoms with E-state index in [4.69, 9.17) is 4.74 Å². The fourth-order valence-corrected chi connectivity index (χ4v) is 2.44. The lowest BCUT2D eigenvalue weighted by Gasteiger charge is -2.23. The van der Waals surface area contributed by atoms with Crippen LogP contribution in [0, 0.1) is 5.82 Å². The van der Waals surface area contributed by atoms with Gasteiger partial charge in [0, 0.05) is 13.1 Å². The number of nitrogens with zero attached hydrogens (tertiary/aromatic N) is 2. The number of nitrogens with one attached hydrogen (secondary N) is 1. The van der Waals surface area contributed by atoms with Crippen LogP contribution in [0.1, 0.15) is 18.8 Å². The van der Waals surface area contributed by atoms with Crippen LogP contribution in [0.3, 0.4) is 0 Å². The van der Waals surface area contributed by atoms with Gasteiger partial charge in [-0.05, 0) is 25.1 Å².